The molecule has 2 nitrogen and oxygen atoms in total. The molecular weight excluding hydrogens is 230 g/mol. The van der Waals surface area contributed by atoms with E-state index in [9.17, 15) is 0 Å². The van der Waals surface area contributed by atoms with Crippen LogP contribution in [0.2, 0.25) is 0 Å². The van der Waals surface area contributed by atoms with Gasteiger partial charge in [0.25, 0.3) is 0 Å². The van der Waals surface area contributed by atoms with Crippen molar-refractivity contribution in [2.75, 3.05) is 26.0 Å². The highest BCUT2D eigenvalue weighted by atomic mass is 32.2. The van der Waals surface area contributed by atoms with Gasteiger partial charge >= 0.3 is 0 Å². The molecule has 17 heavy (non-hydrogen) atoms. The lowest BCUT2D eigenvalue weighted by atomic mass is 10.2. The molecular formula is C14H23NOS. The summed E-state index contributed by atoms with van der Waals surface area (Å²) in [5.41, 5.74) is 0. The van der Waals surface area contributed by atoms with Crippen LogP contribution in [0.15, 0.2) is 30.3 Å². The zero-order valence-electron chi connectivity index (χ0n) is 11.0. The summed E-state index contributed by atoms with van der Waals surface area (Å²) in [4.78, 5) is 0. The third-order valence-electron chi connectivity index (χ3n) is 2.61. The minimum atomic E-state index is 0.320. The van der Waals surface area contributed by atoms with Crippen molar-refractivity contribution in [1.82, 2.24) is 5.32 Å². The SMILES string of the molecule is CSC(C)(C)CNCCCOc1ccccc1. The van der Waals surface area contributed by atoms with Crippen LogP contribution in [0.25, 0.3) is 0 Å². The second-order valence-electron chi connectivity index (χ2n) is 4.66. The molecule has 1 aromatic carbocycles. The number of ether oxygens (including phenoxy) is 1. The van der Waals surface area contributed by atoms with E-state index in [-0.39, 0.29) is 0 Å². The molecule has 1 N–H and O–H groups in total. The Kier molecular flexibility index (Phi) is 6.45. The quantitative estimate of drug-likeness (QED) is 0.719. The molecule has 0 fully saturated rings. The Balaban J connectivity index is 2.02. The number of nitrogens with one attached hydrogen (secondary N) is 1. The van der Waals surface area contributed by atoms with E-state index in [4.69, 9.17) is 4.74 Å². The van der Waals surface area contributed by atoms with E-state index in [0.29, 0.717) is 4.75 Å². The summed E-state index contributed by atoms with van der Waals surface area (Å²) in [6.07, 6.45) is 3.19. The molecule has 1 rings (SSSR count). The zero-order chi connectivity index (χ0) is 12.6. The third-order valence-corrected chi connectivity index (χ3v) is 3.86. The van der Waals surface area contributed by atoms with Crippen LogP contribution in [-0.4, -0.2) is 30.7 Å². The topological polar surface area (TPSA) is 21.3 Å². The molecule has 0 amide bonds. The van der Waals surface area contributed by atoms with Crippen molar-refractivity contribution in [3.63, 3.8) is 0 Å². The van der Waals surface area contributed by atoms with E-state index in [0.717, 1.165) is 31.9 Å². The van der Waals surface area contributed by atoms with Crippen LogP contribution < -0.4 is 10.1 Å². The van der Waals surface area contributed by atoms with Gasteiger partial charge in [-0.2, -0.15) is 11.8 Å². The predicted octanol–water partition coefficient (Wildman–Crippen LogP) is 3.19. The Morgan fingerprint density at radius 2 is 1.94 bits per heavy atom. The van der Waals surface area contributed by atoms with Gasteiger partial charge in [0, 0.05) is 11.3 Å². The van der Waals surface area contributed by atoms with E-state index in [2.05, 4.69) is 25.4 Å². The maximum Gasteiger partial charge on any atom is 0.119 e. The van der Waals surface area contributed by atoms with E-state index in [1.165, 1.54) is 0 Å². The van der Waals surface area contributed by atoms with Crippen molar-refractivity contribution in [1.29, 1.82) is 0 Å². The summed E-state index contributed by atoms with van der Waals surface area (Å²) in [6.45, 7) is 7.34. The summed E-state index contributed by atoms with van der Waals surface area (Å²) in [5, 5.41) is 3.46. The minimum Gasteiger partial charge on any atom is -0.494 e. The van der Waals surface area contributed by atoms with Gasteiger partial charge in [0.05, 0.1) is 6.61 Å². The first-order valence-corrected chi connectivity index (χ1v) is 7.30. The number of rotatable bonds is 8. The molecule has 0 bridgehead atoms. The fourth-order valence-electron chi connectivity index (χ4n) is 1.37. The standard InChI is InChI=1S/C14H23NOS/c1-14(2,17-3)12-15-10-7-11-16-13-8-5-4-6-9-13/h4-6,8-9,15H,7,10-12H2,1-3H3. The smallest absolute Gasteiger partial charge is 0.119 e. The second kappa shape index (κ2) is 7.62. The number of para-hydroxylation sites is 1. The van der Waals surface area contributed by atoms with Gasteiger partial charge in [-0.1, -0.05) is 18.2 Å². The van der Waals surface area contributed by atoms with Gasteiger partial charge in [-0.3, -0.25) is 0 Å². The van der Waals surface area contributed by atoms with Crippen LogP contribution in [-0.2, 0) is 0 Å². The fourth-order valence-corrected chi connectivity index (χ4v) is 1.61. The number of hydrogen-bond acceptors (Lipinski definition) is 3. The van der Waals surface area contributed by atoms with Gasteiger partial charge in [0.15, 0.2) is 0 Å². The highest BCUT2D eigenvalue weighted by Crippen LogP contribution is 2.19. The largest absolute Gasteiger partial charge is 0.494 e. The van der Waals surface area contributed by atoms with E-state index in [1.807, 2.05) is 42.1 Å². The lowest BCUT2D eigenvalue weighted by Crippen LogP contribution is -2.32. The fraction of sp³-hybridized carbons (Fsp3) is 0.571. The molecule has 0 spiro atoms. The molecule has 0 saturated heterocycles. The summed E-state index contributed by atoms with van der Waals surface area (Å²) in [7, 11) is 0. The molecule has 0 atom stereocenters. The number of hydrogen-bond donors (Lipinski definition) is 1. The molecule has 0 saturated carbocycles. The zero-order valence-corrected chi connectivity index (χ0v) is 11.8. The molecule has 96 valence electrons. The van der Waals surface area contributed by atoms with Crippen LogP contribution >= 0.6 is 11.8 Å². The van der Waals surface area contributed by atoms with Crippen molar-refractivity contribution < 1.29 is 4.74 Å². The maximum atomic E-state index is 5.62. The minimum absolute atomic E-state index is 0.320. The van der Waals surface area contributed by atoms with Crippen LogP contribution in [0.1, 0.15) is 20.3 Å². The average molecular weight is 253 g/mol. The number of benzene rings is 1. The van der Waals surface area contributed by atoms with Crippen LogP contribution in [0.4, 0.5) is 0 Å². The molecule has 0 aliphatic heterocycles. The monoisotopic (exact) mass is 253 g/mol. The van der Waals surface area contributed by atoms with E-state index in [1.54, 1.807) is 0 Å². The Hall–Kier alpha value is -0.670. The number of thioether (sulfide) groups is 1. The van der Waals surface area contributed by atoms with Crippen molar-refractivity contribution in [3.05, 3.63) is 30.3 Å². The van der Waals surface area contributed by atoms with E-state index < -0.39 is 0 Å². The van der Waals surface area contributed by atoms with Crippen molar-refractivity contribution in [3.8, 4) is 5.75 Å². The van der Waals surface area contributed by atoms with Crippen LogP contribution in [0, 0.1) is 0 Å². The average Bonchev–Trinajstić information content (AvgIpc) is 2.35. The lowest BCUT2D eigenvalue weighted by molar-refractivity contribution is 0.307. The van der Waals surface area contributed by atoms with Crippen LogP contribution in [0.3, 0.4) is 0 Å². The molecule has 0 aliphatic rings. The maximum absolute atomic E-state index is 5.62. The van der Waals surface area contributed by atoms with Gasteiger partial charge < -0.3 is 10.1 Å². The lowest BCUT2D eigenvalue weighted by Gasteiger charge is -2.22. The predicted molar refractivity (Wildman–Crippen MR) is 77.0 cm³/mol. The van der Waals surface area contributed by atoms with Gasteiger partial charge in [-0.15, -0.1) is 0 Å². The van der Waals surface area contributed by atoms with Crippen LogP contribution in [0.5, 0.6) is 5.75 Å². The summed E-state index contributed by atoms with van der Waals surface area (Å²) < 4.78 is 5.94. The van der Waals surface area contributed by atoms with Crippen molar-refractivity contribution in [2.45, 2.75) is 25.0 Å². The first-order valence-electron chi connectivity index (χ1n) is 6.08. The molecule has 0 aliphatic carbocycles. The normalized spacial score (nSPS) is 11.5. The molecule has 0 heterocycles. The molecule has 3 heteroatoms. The van der Waals surface area contributed by atoms with E-state index >= 15 is 0 Å². The van der Waals surface area contributed by atoms with Gasteiger partial charge in [0.2, 0.25) is 0 Å². The molecule has 0 radical (unpaired) electrons. The highest BCUT2D eigenvalue weighted by molar-refractivity contribution is 7.99. The Morgan fingerprint density at radius 3 is 2.59 bits per heavy atom. The van der Waals surface area contributed by atoms with Gasteiger partial charge in [-0.25, -0.2) is 0 Å². The third kappa shape index (κ3) is 6.59. The Morgan fingerprint density at radius 1 is 1.24 bits per heavy atom. The Bertz CT molecular complexity index is 300. The van der Waals surface area contributed by atoms with Crippen molar-refractivity contribution >= 4 is 11.8 Å². The van der Waals surface area contributed by atoms with Gasteiger partial charge in [0.1, 0.15) is 5.75 Å². The molecule has 0 aromatic heterocycles. The molecule has 1 aromatic rings. The highest BCUT2D eigenvalue weighted by Gasteiger charge is 2.14. The van der Waals surface area contributed by atoms with Gasteiger partial charge in [-0.05, 0) is 45.2 Å². The summed E-state index contributed by atoms with van der Waals surface area (Å²) >= 11 is 1.89. The molecule has 0 unspecified atom stereocenters. The summed E-state index contributed by atoms with van der Waals surface area (Å²) in [6, 6.07) is 9.97. The Labute approximate surface area is 109 Å². The van der Waals surface area contributed by atoms with Crippen molar-refractivity contribution in [2.24, 2.45) is 0 Å². The first-order chi connectivity index (χ1) is 8.14. The second-order valence-corrected chi connectivity index (χ2v) is 6.17. The first kappa shape index (κ1) is 14.4. The summed E-state index contributed by atoms with van der Waals surface area (Å²) in [5.74, 6) is 0.956.